The van der Waals surface area contributed by atoms with Gasteiger partial charge >= 0.3 is 6.03 Å². The third kappa shape index (κ3) is 2.43. The van der Waals surface area contributed by atoms with Crippen molar-refractivity contribution in [2.45, 2.75) is 25.3 Å². The molecule has 0 N–H and O–H groups in total. The third-order valence-corrected chi connectivity index (χ3v) is 7.06. The van der Waals surface area contributed by atoms with Crippen LogP contribution in [0.4, 0.5) is 11.4 Å². The van der Waals surface area contributed by atoms with Crippen molar-refractivity contribution >= 4 is 23.3 Å². The molecule has 3 aliphatic heterocycles. The second kappa shape index (κ2) is 6.67. The Bertz CT molecular complexity index is 1520. The molecule has 4 heteroatoms. The Balaban J connectivity index is 1.70. The van der Waals surface area contributed by atoms with E-state index in [1.165, 1.54) is 0 Å². The van der Waals surface area contributed by atoms with Crippen LogP contribution in [0.3, 0.4) is 0 Å². The molecule has 4 nitrogen and oxygen atoms in total. The molecule has 0 saturated carbocycles. The number of hydrogen-bond donors (Lipinski definition) is 0. The lowest BCUT2D eigenvalue weighted by molar-refractivity contribution is -0.857. The number of fused-ring (bicyclic) bond motifs is 2. The fraction of sp³-hybridized carbons (Fsp3) is 0.133. The van der Waals surface area contributed by atoms with Crippen LogP contribution >= 0.6 is 0 Å². The highest BCUT2D eigenvalue weighted by molar-refractivity contribution is 6.08. The van der Waals surface area contributed by atoms with Crippen LogP contribution in [0.1, 0.15) is 30.5 Å². The highest BCUT2D eigenvalue weighted by atomic mass is 16.7. The molecule has 0 amide bonds. The second-order valence-corrected chi connectivity index (χ2v) is 9.45. The third-order valence-electron chi connectivity index (χ3n) is 7.06. The van der Waals surface area contributed by atoms with E-state index in [9.17, 15) is 0 Å². The molecule has 7 rings (SSSR count). The first kappa shape index (κ1) is 19.3. The summed E-state index contributed by atoms with van der Waals surface area (Å²) >= 11 is 0. The molecule has 0 aliphatic carbocycles. The molecule has 3 heterocycles. The molecular weight excluding hydrogens is 420 g/mol. The lowest BCUT2D eigenvalue weighted by Crippen LogP contribution is -2.63. The molecule has 1 atom stereocenters. The average Bonchev–Trinajstić information content (AvgIpc) is 2.93. The number of benzene rings is 4. The molecular formula is C30H24N2O2+2. The van der Waals surface area contributed by atoms with Crippen LogP contribution in [0.5, 0.6) is 11.5 Å². The van der Waals surface area contributed by atoms with Crippen molar-refractivity contribution in [3.05, 3.63) is 120 Å². The summed E-state index contributed by atoms with van der Waals surface area (Å²) in [5.74, 6) is 1.67. The van der Waals surface area contributed by atoms with Crippen molar-refractivity contribution in [3.63, 3.8) is 0 Å². The molecule has 4 aromatic rings. The van der Waals surface area contributed by atoms with Crippen molar-refractivity contribution in [2.24, 2.45) is 0 Å². The van der Waals surface area contributed by atoms with E-state index < -0.39 is 6.03 Å². The molecule has 0 unspecified atom stereocenters. The Morgan fingerprint density at radius 3 is 2.09 bits per heavy atom. The zero-order valence-corrected chi connectivity index (χ0v) is 19.1. The van der Waals surface area contributed by atoms with E-state index in [0.29, 0.717) is 0 Å². The zero-order valence-electron chi connectivity index (χ0n) is 19.1. The summed E-state index contributed by atoms with van der Waals surface area (Å²) in [7, 11) is 0. The van der Waals surface area contributed by atoms with Crippen molar-refractivity contribution < 1.29 is 18.6 Å². The number of rotatable bonds is 2. The largest absolute Gasteiger partial charge is 0.715 e. The molecule has 34 heavy (non-hydrogen) atoms. The van der Waals surface area contributed by atoms with Gasteiger partial charge in [-0.3, -0.25) is 0 Å². The first-order valence-corrected chi connectivity index (χ1v) is 11.6. The van der Waals surface area contributed by atoms with E-state index >= 15 is 0 Å². The minimum absolute atomic E-state index is 0.358. The van der Waals surface area contributed by atoms with Gasteiger partial charge in [-0.15, -0.1) is 0 Å². The molecule has 0 aromatic heterocycles. The van der Waals surface area contributed by atoms with E-state index in [0.717, 1.165) is 45.3 Å². The standard InChI is InChI=1S/C30H24N2O2/c1-29(2)25-18-11-12-21-20-31(22-13-5-3-6-14-22)30(34-27(21)25)32(23-15-7-4-8-16-23)28(29)24-17-9-10-19-26(24)33-30/h3-20H,1-2H3/q+2/t30-/m1/s1. The Morgan fingerprint density at radius 1 is 0.647 bits per heavy atom. The minimum Gasteiger partial charge on any atom is -0.340 e. The highest BCUT2D eigenvalue weighted by Gasteiger charge is 2.71. The van der Waals surface area contributed by atoms with Crippen LogP contribution in [0.25, 0.3) is 0 Å². The highest BCUT2D eigenvalue weighted by Crippen LogP contribution is 2.50. The van der Waals surface area contributed by atoms with Gasteiger partial charge in [0.25, 0.3) is 0 Å². The van der Waals surface area contributed by atoms with Gasteiger partial charge in [-0.1, -0.05) is 65.2 Å². The molecule has 0 radical (unpaired) electrons. The zero-order chi connectivity index (χ0) is 22.9. The van der Waals surface area contributed by atoms with Crippen molar-refractivity contribution in [3.8, 4) is 11.5 Å². The molecule has 164 valence electrons. The molecule has 3 bridgehead atoms. The first-order chi connectivity index (χ1) is 16.6. The topological polar surface area (TPSA) is 24.5 Å². The van der Waals surface area contributed by atoms with Gasteiger partial charge in [-0.25, -0.2) is 0 Å². The lowest BCUT2D eigenvalue weighted by Gasteiger charge is -2.32. The number of ether oxygens (including phenoxy) is 2. The van der Waals surface area contributed by atoms with Gasteiger partial charge in [0.15, 0.2) is 17.7 Å². The van der Waals surface area contributed by atoms with Crippen LogP contribution in [-0.4, -0.2) is 27.1 Å². The van der Waals surface area contributed by atoms with Gasteiger partial charge in [-0.05, 0) is 36.6 Å². The summed E-state index contributed by atoms with van der Waals surface area (Å²) < 4.78 is 18.3. The molecule has 0 fully saturated rings. The van der Waals surface area contributed by atoms with E-state index in [-0.39, 0.29) is 5.41 Å². The average molecular weight is 445 g/mol. The summed E-state index contributed by atoms with van der Waals surface area (Å²) in [5, 5.41) is 0. The lowest BCUT2D eigenvalue weighted by atomic mass is 9.75. The summed E-state index contributed by atoms with van der Waals surface area (Å²) in [6.45, 7) is 4.56. The maximum Gasteiger partial charge on any atom is 0.715 e. The summed E-state index contributed by atoms with van der Waals surface area (Å²) in [4.78, 5) is 0. The number of nitrogens with zero attached hydrogens (tertiary/aromatic N) is 2. The quantitative estimate of drug-likeness (QED) is 0.356. The predicted molar refractivity (Wildman–Crippen MR) is 132 cm³/mol. The first-order valence-electron chi connectivity index (χ1n) is 11.6. The molecule has 0 saturated heterocycles. The smallest absolute Gasteiger partial charge is 0.340 e. The van der Waals surface area contributed by atoms with Crippen LogP contribution in [-0.2, 0) is 5.41 Å². The van der Waals surface area contributed by atoms with E-state index in [1.54, 1.807) is 0 Å². The van der Waals surface area contributed by atoms with Gasteiger partial charge in [0.05, 0.1) is 16.5 Å². The number of para-hydroxylation sites is 4. The Kier molecular flexibility index (Phi) is 3.79. The van der Waals surface area contributed by atoms with Gasteiger partial charge in [0, 0.05) is 29.8 Å². The number of hydrogen-bond acceptors (Lipinski definition) is 2. The van der Waals surface area contributed by atoms with Crippen molar-refractivity contribution in [2.75, 3.05) is 0 Å². The Morgan fingerprint density at radius 2 is 1.32 bits per heavy atom. The van der Waals surface area contributed by atoms with E-state index in [1.807, 2.05) is 36.4 Å². The monoisotopic (exact) mass is 444 g/mol. The van der Waals surface area contributed by atoms with Gasteiger partial charge < -0.3 is 9.47 Å². The molecule has 4 aromatic carbocycles. The van der Waals surface area contributed by atoms with Crippen LogP contribution in [0.2, 0.25) is 0 Å². The summed E-state index contributed by atoms with van der Waals surface area (Å²) in [5.41, 5.74) is 6.03. The fourth-order valence-electron chi connectivity index (χ4n) is 5.53. The van der Waals surface area contributed by atoms with Gasteiger partial charge in [0.2, 0.25) is 17.1 Å². The van der Waals surface area contributed by atoms with E-state index in [4.69, 9.17) is 9.47 Å². The van der Waals surface area contributed by atoms with Crippen molar-refractivity contribution in [1.82, 2.24) is 0 Å². The summed E-state index contributed by atoms with van der Waals surface area (Å²) in [6, 6.07) is 34.1. The van der Waals surface area contributed by atoms with Gasteiger partial charge in [0.1, 0.15) is 0 Å². The summed E-state index contributed by atoms with van der Waals surface area (Å²) in [6.07, 6.45) is 2.15. The molecule has 1 spiro atoms. The maximum atomic E-state index is 7.04. The Labute approximate surface area is 198 Å². The Hall–Kier alpha value is -4.18. The van der Waals surface area contributed by atoms with Crippen LogP contribution in [0, 0.1) is 0 Å². The SMILES string of the molecule is CC1(C)C2=[N+](c3ccccc3)[C@]3(Oc4ccccc42)Oc2c(cccc21)C=[N+]3c1ccccc1. The van der Waals surface area contributed by atoms with Crippen molar-refractivity contribution in [1.29, 1.82) is 0 Å². The maximum absolute atomic E-state index is 7.04. The fourth-order valence-corrected chi connectivity index (χ4v) is 5.53. The molecule has 3 aliphatic rings. The van der Waals surface area contributed by atoms with E-state index in [2.05, 4.69) is 95.9 Å². The second-order valence-electron chi connectivity index (χ2n) is 9.45. The predicted octanol–water partition coefficient (Wildman–Crippen LogP) is 5.97. The van der Waals surface area contributed by atoms with Crippen LogP contribution in [0.15, 0.2) is 103 Å². The minimum atomic E-state index is -1.26. The van der Waals surface area contributed by atoms with Crippen LogP contribution < -0.4 is 9.47 Å². The normalized spacial score (nSPS) is 20.9. The van der Waals surface area contributed by atoms with Gasteiger partial charge in [-0.2, -0.15) is 0 Å².